The Morgan fingerprint density at radius 1 is 0.900 bits per heavy atom. The number of nitrogens with zero attached hydrogens (tertiary/aromatic N) is 1. The number of methoxy groups -OCH3 is 1. The third-order valence-electron chi connectivity index (χ3n) is 5.33. The average Bonchev–Trinajstić information content (AvgIpc) is 2.83. The number of rotatable bonds is 5. The van der Waals surface area contributed by atoms with Gasteiger partial charge in [-0.15, -0.1) is 0 Å². The van der Waals surface area contributed by atoms with Crippen molar-refractivity contribution in [2.75, 3.05) is 7.11 Å². The highest BCUT2D eigenvalue weighted by Gasteiger charge is 2.22. The van der Waals surface area contributed by atoms with Gasteiger partial charge in [0.2, 0.25) is 0 Å². The molecule has 0 aromatic heterocycles. The quantitative estimate of drug-likeness (QED) is 0.584. The molecule has 0 aliphatic heterocycles. The highest BCUT2D eigenvalue weighted by molar-refractivity contribution is 6.04. The van der Waals surface area contributed by atoms with Crippen LogP contribution in [0, 0.1) is 0 Å². The van der Waals surface area contributed by atoms with E-state index in [1.165, 1.54) is 16.7 Å². The third-order valence-corrected chi connectivity index (χ3v) is 5.33. The van der Waals surface area contributed by atoms with E-state index in [0.717, 1.165) is 18.6 Å². The molecule has 0 bridgehead atoms. The molecule has 1 aliphatic rings. The van der Waals surface area contributed by atoms with E-state index in [-0.39, 0.29) is 5.91 Å². The van der Waals surface area contributed by atoms with Crippen LogP contribution in [0.4, 0.5) is 0 Å². The number of ether oxygens (including phenoxy) is 1. The van der Waals surface area contributed by atoms with Crippen molar-refractivity contribution in [3.63, 3.8) is 0 Å². The molecule has 4 heteroatoms. The molecule has 0 spiro atoms. The number of hydrogen-bond donors (Lipinski definition) is 1. The van der Waals surface area contributed by atoms with Crippen LogP contribution in [0.5, 0.6) is 5.75 Å². The first kappa shape index (κ1) is 19.6. The van der Waals surface area contributed by atoms with Crippen molar-refractivity contribution in [1.82, 2.24) is 5.43 Å². The Morgan fingerprint density at radius 3 is 2.23 bits per heavy atom. The second-order valence-corrected chi connectivity index (χ2v) is 7.32. The minimum Gasteiger partial charge on any atom is -0.497 e. The van der Waals surface area contributed by atoms with E-state index in [4.69, 9.17) is 4.74 Å². The Balaban J connectivity index is 1.58. The van der Waals surface area contributed by atoms with E-state index in [1.54, 1.807) is 31.4 Å². The molecule has 1 amide bonds. The van der Waals surface area contributed by atoms with Gasteiger partial charge in [0.15, 0.2) is 0 Å². The maximum Gasteiger partial charge on any atom is 0.271 e. The lowest BCUT2D eigenvalue weighted by atomic mass is 9.81. The van der Waals surface area contributed by atoms with Gasteiger partial charge in [0.1, 0.15) is 5.75 Å². The van der Waals surface area contributed by atoms with E-state index in [9.17, 15) is 4.79 Å². The number of allylic oxidation sites excluding steroid dienone is 2. The molecule has 0 saturated carbocycles. The van der Waals surface area contributed by atoms with E-state index in [2.05, 4.69) is 53.0 Å². The maximum atomic E-state index is 12.5. The number of hydrogen-bond acceptors (Lipinski definition) is 3. The first-order valence-corrected chi connectivity index (χ1v) is 10.0. The van der Waals surface area contributed by atoms with Gasteiger partial charge in [-0.25, -0.2) is 5.43 Å². The van der Waals surface area contributed by atoms with Crippen LogP contribution in [0.2, 0.25) is 0 Å². The van der Waals surface area contributed by atoms with E-state index >= 15 is 0 Å². The van der Waals surface area contributed by atoms with Crippen LogP contribution >= 0.6 is 0 Å². The summed E-state index contributed by atoms with van der Waals surface area (Å²) in [5, 5.41) is 4.46. The molecule has 3 aromatic rings. The summed E-state index contributed by atoms with van der Waals surface area (Å²) in [5.74, 6) is 0.802. The van der Waals surface area contributed by atoms with Crippen molar-refractivity contribution in [1.29, 1.82) is 0 Å². The van der Waals surface area contributed by atoms with E-state index in [1.807, 2.05) is 24.3 Å². The van der Waals surface area contributed by atoms with Gasteiger partial charge in [-0.2, -0.15) is 5.10 Å². The molecule has 0 heterocycles. The average molecular weight is 396 g/mol. The Kier molecular flexibility index (Phi) is 6.04. The molecule has 150 valence electrons. The number of carbonyl (C=O) groups excluding carboxylic acids is 1. The lowest BCUT2D eigenvalue weighted by Gasteiger charge is -2.24. The fourth-order valence-corrected chi connectivity index (χ4v) is 3.73. The summed E-state index contributed by atoms with van der Waals surface area (Å²) in [6.45, 7) is 0. The summed E-state index contributed by atoms with van der Waals surface area (Å²) in [6.07, 6.45) is 3.83. The summed E-state index contributed by atoms with van der Waals surface area (Å²) in [5.41, 5.74) is 7.83. The fourth-order valence-electron chi connectivity index (χ4n) is 3.73. The van der Waals surface area contributed by atoms with Crippen molar-refractivity contribution in [3.05, 3.63) is 108 Å². The Bertz CT molecular complexity index is 1060. The summed E-state index contributed by atoms with van der Waals surface area (Å²) in [7, 11) is 1.60. The zero-order valence-corrected chi connectivity index (χ0v) is 16.9. The van der Waals surface area contributed by atoms with Crippen LogP contribution in [0.1, 0.15) is 40.2 Å². The molecular formula is C26H24N2O2. The van der Waals surface area contributed by atoms with Crippen molar-refractivity contribution >= 4 is 17.2 Å². The zero-order valence-electron chi connectivity index (χ0n) is 16.9. The van der Waals surface area contributed by atoms with Crippen molar-refractivity contribution in [2.24, 2.45) is 5.10 Å². The Labute approximate surface area is 176 Å². The Morgan fingerprint density at radius 2 is 1.57 bits per heavy atom. The molecule has 1 aliphatic carbocycles. The van der Waals surface area contributed by atoms with Crippen LogP contribution in [0.3, 0.4) is 0 Å². The first-order valence-electron chi connectivity index (χ1n) is 10.0. The number of amides is 1. The van der Waals surface area contributed by atoms with Crippen LogP contribution in [-0.4, -0.2) is 18.7 Å². The number of carbonyl (C=O) groups is 1. The van der Waals surface area contributed by atoms with Crippen molar-refractivity contribution in [3.8, 4) is 5.75 Å². The Hall–Kier alpha value is -3.66. The topological polar surface area (TPSA) is 50.7 Å². The van der Waals surface area contributed by atoms with Crippen LogP contribution in [-0.2, 0) is 0 Å². The van der Waals surface area contributed by atoms with Crippen LogP contribution < -0.4 is 10.2 Å². The molecule has 4 rings (SSSR count). The molecule has 1 unspecified atom stereocenters. The van der Waals surface area contributed by atoms with E-state index < -0.39 is 0 Å². The lowest BCUT2D eigenvalue weighted by Crippen LogP contribution is -2.21. The molecule has 0 saturated heterocycles. The third kappa shape index (κ3) is 4.66. The van der Waals surface area contributed by atoms with Gasteiger partial charge in [-0.3, -0.25) is 4.79 Å². The highest BCUT2D eigenvalue weighted by atomic mass is 16.5. The normalized spacial score (nSPS) is 17.3. The summed E-state index contributed by atoms with van der Waals surface area (Å²) in [4.78, 5) is 12.5. The van der Waals surface area contributed by atoms with Crippen molar-refractivity contribution < 1.29 is 9.53 Å². The first-order chi connectivity index (χ1) is 14.7. The highest BCUT2D eigenvalue weighted by Crippen LogP contribution is 2.36. The van der Waals surface area contributed by atoms with Gasteiger partial charge in [0.05, 0.1) is 12.8 Å². The lowest BCUT2D eigenvalue weighted by molar-refractivity contribution is 0.0954. The van der Waals surface area contributed by atoms with Crippen LogP contribution in [0.15, 0.2) is 96.1 Å². The number of nitrogens with one attached hydrogen (secondary N) is 1. The largest absolute Gasteiger partial charge is 0.497 e. The summed E-state index contributed by atoms with van der Waals surface area (Å²) >= 11 is 0. The molecule has 1 atom stereocenters. The smallest absolute Gasteiger partial charge is 0.271 e. The van der Waals surface area contributed by atoms with Gasteiger partial charge in [0, 0.05) is 5.56 Å². The van der Waals surface area contributed by atoms with Crippen molar-refractivity contribution in [2.45, 2.75) is 18.8 Å². The van der Waals surface area contributed by atoms with Gasteiger partial charge < -0.3 is 4.74 Å². The SMILES string of the molecule is COc1ccc(C(=O)N/N=C2\C=C(c3ccccc3)CC(c3ccccc3)C2)cc1. The molecule has 30 heavy (non-hydrogen) atoms. The standard InChI is InChI=1S/C26H24N2O2/c1-30-25-14-12-21(13-15-25)26(29)28-27-24-17-22(19-8-4-2-5-9-19)16-23(18-24)20-10-6-3-7-11-20/h2-15,17,23H,16,18H2,1H3,(H,28,29)/b27-24+. The molecule has 0 radical (unpaired) electrons. The van der Waals surface area contributed by atoms with Gasteiger partial charge in [-0.1, -0.05) is 60.7 Å². The second-order valence-electron chi connectivity index (χ2n) is 7.32. The molecular weight excluding hydrogens is 372 g/mol. The van der Waals surface area contributed by atoms with Gasteiger partial charge in [0.25, 0.3) is 5.91 Å². The molecule has 4 nitrogen and oxygen atoms in total. The molecule has 0 fully saturated rings. The van der Waals surface area contributed by atoms with Gasteiger partial charge >= 0.3 is 0 Å². The predicted octanol–water partition coefficient (Wildman–Crippen LogP) is 5.44. The second kappa shape index (κ2) is 9.23. The summed E-state index contributed by atoms with van der Waals surface area (Å²) in [6, 6.07) is 27.8. The minimum atomic E-state index is -0.235. The van der Waals surface area contributed by atoms with E-state index in [0.29, 0.717) is 17.2 Å². The minimum absolute atomic E-state index is 0.235. The molecule has 3 aromatic carbocycles. The summed E-state index contributed by atoms with van der Waals surface area (Å²) < 4.78 is 5.14. The monoisotopic (exact) mass is 396 g/mol. The van der Waals surface area contributed by atoms with Gasteiger partial charge in [-0.05, 0) is 65.8 Å². The maximum absolute atomic E-state index is 12.5. The number of hydrazone groups is 1. The molecule has 1 N–H and O–H groups in total. The zero-order chi connectivity index (χ0) is 20.8. The fraction of sp³-hybridized carbons (Fsp3) is 0.154. The number of benzene rings is 3. The predicted molar refractivity (Wildman–Crippen MR) is 121 cm³/mol. The van der Waals surface area contributed by atoms with Crippen LogP contribution in [0.25, 0.3) is 5.57 Å².